The maximum atomic E-state index is 10.6. The molecular weight excluding hydrogens is 250 g/mol. The Morgan fingerprint density at radius 3 is 2.71 bits per heavy atom. The van der Waals surface area contributed by atoms with Gasteiger partial charge >= 0.3 is 0 Å². The standard InChI is InChI=1S/C9H10ClN3O4/c10-6-3-5(13(15)16)1-2-8(6)17-4-7(11)9(12)14/h1-3,7H,4,11H2,(H2,12,14). The fourth-order valence-corrected chi connectivity index (χ4v) is 1.21. The van der Waals surface area contributed by atoms with E-state index in [0.29, 0.717) is 0 Å². The van der Waals surface area contributed by atoms with Crippen LogP contribution >= 0.6 is 11.6 Å². The Labute approximate surface area is 101 Å². The van der Waals surface area contributed by atoms with Crippen molar-refractivity contribution in [3.8, 4) is 5.75 Å². The van der Waals surface area contributed by atoms with Crippen molar-refractivity contribution in [2.45, 2.75) is 6.04 Å². The van der Waals surface area contributed by atoms with Gasteiger partial charge in [0.1, 0.15) is 18.4 Å². The van der Waals surface area contributed by atoms with Gasteiger partial charge in [-0.1, -0.05) is 11.6 Å². The van der Waals surface area contributed by atoms with Crippen LogP contribution in [0, 0.1) is 10.1 Å². The molecule has 0 aliphatic carbocycles. The topological polar surface area (TPSA) is 121 Å². The molecule has 1 unspecified atom stereocenters. The summed E-state index contributed by atoms with van der Waals surface area (Å²) >= 11 is 5.75. The smallest absolute Gasteiger partial charge is 0.271 e. The van der Waals surface area contributed by atoms with Crippen LogP contribution in [0.5, 0.6) is 5.75 Å². The number of hydrogen-bond donors (Lipinski definition) is 2. The largest absolute Gasteiger partial charge is 0.490 e. The molecule has 4 N–H and O–H groups in total. The summed E-state index contributed by atoms with van der Waals surface area (Å²) in [5, 5.41) is 10.5. The van der Waals surface area contributed by atoms with E-state index in [1.165, 1.54) is 12.1 Å². The van der Waals surface area contributed by atoms with Gasteiger partial charge in [0.15, 0.2) is 0 Å². The first-order valence-corrected chi connectivity index (χ1v) is 4.91. The van der Waals surface area contributed by atoms with Gasteiger partial charge in [0.2, 0.25) is 5.91 Å². The van der Waals surface area contributed by atoms with Crippen LogP contribution in [-0.4, -0.2) is 23.5 Å². The van der Waals surface area contributed by atoms with Crippen molar-refractivity contribution in [3.63, 3.8) is 0 Å². The quantitative estimate of drug-likeness (QED) is 0.587. The molecular formula is C9H10ClN3O4. The molecule has 0 saturated heterocycles. The summed E-state index contributed by atoms with van der Waals surface area (Å²) in [5.41, 5.74) is 10.1. The molecule has 0 aliphatic heterocycles. The fourth-order valence-electron chi connectivity index (χ4n) is 0.982. The number of nitro groups is 1. The summed E-state index contributed by atoms with van der Waals surface area (Å²) in [6.07, 6.45) is 0. The highest BCUT2D eigenvalue weighted by atomic mass is 35.5. The molecule has 8 heteroatoms. The monoisotopic (exact) mass is 259 g/mol. The van der Waals surface area contributed by atoms with Crippen LogP contribution in [0.3, 0.4) is 0 Å². The first-order chi connectivity index (χ1) is 7.91. The van der Waals surface area contributed by atoms with Crippen molar-refractivity contribution in [3.05, 3.63) is 33.3 Å². The van der Waals surface area contributed by atoms with Gasteiger partial charge in [-0.05, 0) is 6.07 Å². The Bertz CT molecular complexity index is 452. The molecule has 0 aliphatic rings. The minimum absolute atomic E-state index is 0.0656. The summed E-state index contributed by atoms with van der Waals surface area (Å²) in [5.74, 6) is -0.503. The number of nitrogens with zero attached hydrogens (tertiary/aromatic N) is 1. The summed E-state index contributed by atoms with van der Waals surface area (Å²) < 4.78 is 5.11. The Hall–Kier alpha value is -1.86. The molecule has 0 bridgehead atoms. The van der Waals surface area contributed by atoms with Crippen LogP contribution in [0.25, 0.3) is 0 Å². The number of halogens is 1. The molecule has 1 atom stereocenters. The molecule has 92 valence electrons. The number of primary amides is 1. The van der Waals surface area contributed by atoms with Crippen molar-refractivity contribution in [1.29, 1.82) is 0 Å². The number of rotatable bonds is 5. The minimum atomic E-state index is -0.957. The second kappa shape index (κ2) is 5.46. The van der Waals surface area contributed by atoms with Gasteiger partial charge in [-0.25, -0.2) is 0 Å². The lowest BCUT2D eigenvalue weighted by atomic mass is 10.3. The Kier molecular flexibility index (Phi) is 4.24. The lowest BCUT2D eigenvalue weighted by Gasteiger charge is -2.10. The number of ether oxygens (including phenoxy) is 1. The number of nitro benzene ring substituents is 1. The van der Waals surface area contributed by atoms with Gasteiger partial charge in [0.05, 0.1) is 9.95 Å². The van der Waals surface area contributed by atoms with Gasteiger partial charge in [-0.15, -0.1) is 0 Å². The number of non-ortho nitro benzene ring substituents is 1. The highest BCUT2D eigenvalue weighted by Crippen LogP contribution is 2.28. The van der Waals surface area contributed by atoms with E-state index in [0.717, 1.165) is 6.07 Å². The Morgan fingerprint density at radius 2 is 2.24 bits per heavy atom. The number of hydrogen-bond acceptors (Lipinski definition) is 5. The van der Waals surface area contributed by atoms with Gasteiger partial charge < -0.3 is 16.2 Å². The molecule has 0 heterocycles. The lowest BCUT2D eigenvalue weighted by molar-refractivity contribution is -0.384. The van der Waals surface area contributed by atoms with Gasteiger partial charge in [-0.2, -0.15) is 0 Å². The van der Waals surface area contributed by atoms with Gasteiger partial charge in [0.25, 0.3) is 5.69 Å². The predicted octanol–water partition coefficient (Wildman–Crippen LogP) is 0.440. The van der Waals surface area contributed by atoms with Crippen LogP contribution in [-0.2, 0) is 4.79 Å². The SMILES string of the molecule is NC(=O)C(N)COc1ccc([N+](=O)[O-])cc1Cl. The van der Waals surface area contributed by atoms with E-state index in [1.54, 1.807) is 0 Å². The van der Waals surface area contributed by atoms with Crippen molar-refractivity contribution < 1.29 is 14.5 Å². The summed E-state index contributed by atoms with van der Waals surface area (Å²) in [7, 11) is 0. The van der Waals surface area contributed by atoms with Crippen LogP contribution in [0.1, 0.15) is 0 Å². The zero-order chi connectivity index (χ0) is 13.0. The summed E-state index contributed by atoms with van der Waals surface area (Å²) in [6, 6.07) is 2.75. The third-order valence-corrected chi connectivity index (χ3v) is 2.21. The molecule has 0 spiro atoms. The molecule has 1 aromatic carbocycles. The maximum absolute atomic E-state index is 10.6. The summed E-state index contributed by atoms with van der Waals surface area (Å²) in [6.45, 7) is -0.146. The lowest BCUT2D eigenvalue weighted by Crippen LogP contribution is -2.41. The Balaban J connectivity index is 2.73. The van der Waals surface area contributed by atoms with E-state index >= 15 is 0 Å². The average molecular weight is 260 g/mol. The molecule has 0 fully saturated rings. The number of carbonyl (C=O) groups excluding carboxylic acids is 1. The maximum Gasteiger partial charge on any atom is 0.271 e. The number of nitrogens with two attached hydrogens (primary N) is 2. The number of benzene rings is 1. The molecule has 17 heavy (non-hydrogen) atoms. The normalized spacial score (nSPS) is 11.9. The van der Waals surface area contributed by atoms with Crippen LogP contribution in [0.15, 0.2) is 18.2 Å². The molecule has 7 nitrogen and oxygen atoms in total. The van der Waals surface area contributed by atoms with Crippen molar-refractivity contribution in [2.75, 3.05) is 6.61 Å². The van der Waals surface area contributed by atoms with Crippen molar-refractivity contribution in [2.24, 2.45) is 11.5 Å². The third kappa shape index (κ3) is 3.58. The van der Waals surface area contributed by atoms with Crippen LogP contribution < -0.4 is 16.2 Å². The van der Waals surface area contributed by atoms with Gasteiger partial charge in [-0.3, -0.25) is 14.9 Å². The number of carbonyl (C=O) groups is 1. The average Bonchev–Trinajstić information content (AvgIpc) is 2.26. The fraction of sp³-hybridized carbons (Fsp3) is 0.222. The van der Waals surface area contributed by atoms with E-state index in [4.69, 9.17) is 27.8 Å². The number of amides is 1. The zero-order valence-electron chi connectivity index (χ0n) is 8.63. The highest BCUT2D eigenvalue weighted by Gasteiger charge is 2.13. The van der Waals surface area contributed by atoms with Crippen molar-refractivity contribution >= 4 is 23.2 Å². The van der Waals surface area contributed by atoms with Crippen LogP contribution in [0.2, 0.25) is 5.02 Å². The van der Waals surface area contributed by atoms with E-state index < -0.39 is 16.9 Å². The minimum Gasteiger partial charge on any atom is -0.490 e. The molecule has 1 rings (SSSR count). The van der Waals surface area contributed by atoms with Gasteiger partial charge in [0, 0.05) is 12.1 Å². The van der Waals surface area contributed by atoms with Crippen LogP contribution in [0.4, 0.5) is 5.69 Å². The second-order valence-corrected chi connectivity index (χ2v) is 3.60. The molecule has 0 radical (unpaired) electrons. The third-order valence-electron chi connectivity index (χ3n) is 1.91. The summed E-state index contributed by atoms with van der Waals surface area (Å²) in [4.78, 5) is 20.5. The first kappa shape index (κ1) is 13.2. The van der Waals surface area contributed by atoms with E-state index in [1.807, 2.05) is 0 Å². The van der Waals surface area contributed by atoms with E-state index in [-0.39, 0.29) is 23.1 Å². The van der Waals surface area contributed by atoms with Crippen molar-refractivity contribution in [1.82, 2.24) is 0 Å². The molecule has 1 aromatic rings. The zero-order valence-corrected chi connectivity index (χ0v) is 9.39. The Morgan fingerprint density at radius 1 is 1.59 bits per heavy atom. The highest BCUT2D eigenvalue weighted by molar-refractivity contribution is 6.32. The second-order valence-electron chi connectivity index (χ2n) is 3.19. The predicted molar refractivity (Wildman–Crippen MR) is 60.8 cm³/mol. The van der Waals surface area contributed by atoms with E-state index in [2.05, 4.69) is 0 Å². The molecule has 1 amide bonds. The molecule has 0 saturated carbocycles. The molecule has 0 aromatic heterocycles. The first-order valence-electron chi connectivity index (χ1n) is 4.53. The van der Waals surface area contributed by atoms with E-state index in [9.17, 15) is 14.9 Å².